The summed E-state index contributed by atoms with van der Waals surface area (Å²) in [6.07, 6.45) is -0.735. The third-order valence-corrected chi connectivity index (χ3v) is 4.51. The Morgan fingerprint density at radius 3 is 2.32 bits per heavy atom. The van der Waals surface area contributed by atoms with Crippen LogP contribution in [-0.2, 0) is 14.8 Å². The van der Waals surface area contributed by atoms with Crippen molar-refractivity contribution in [2.75, 3.05) is 5.75 Å². The highest BCUT2D eigenvalue weighted by atomic mass is 32.2. The van der Waals surface area contributed by atoms with E-state index in [1.54, 1.807) is 13.8 Å². The number of alkyl halides is 2. The standard InChI is InChI=1S/C11H19F2NO4S/c1-7(2)3-9(10(15)16)14-19(17,18)6-8-4-11(12,13)5-8/h7-9,14H,3-6H2,1-2H3,(H,15,16). The lowest BCUT2D eigenvalue weighted by molar-refractivity contribution is -0.139. The summed E-state index contributed by atoms with van der Waals surface area (Å²) in [5.41, 5.74) is 0. The second kappa shape index (κ2) is 5.70. The van der Waals surface area contributed by atoms with Gasteiger partial charge in [0, 0.05) is 12.8 Å². The van der Waals surface area contributed by atoms with E-state index in [0.717, 1.165) is 0 Å². The predicted molar refractivity (Wildman–Crippen MR) is 65.5 cm³/mol. The molecule has 0 amide bonds. The highest BCUT2D eigenvalue weighted by Gasteiger charge is 2.47. The van der Waals surface area contributed by atoms with Crippen molar-refractivity contribution in [1.82, 2.24) is 4.72 Å². The molecule has 8 heteroatoms. The van der Waals surface area contributed by atoms with Crippen LogP contribution in [-0.4, -0.2) is 37.2 Å². The van der Waals surface area contributed by atoms with Crippen molar-refractivity contribution in [3.63, 3.8) is 0 Å². The van der Waals surface area contributed by atoms with Crippen molar-refractivity contribution >= 4 is 16.0 Å². The van der Waals surface area contributed by atoms with Crippen LogP contribution in [0.3, 0.4) is 0 Å². The van der Waals surface area contributed by atoms with Crippen LogP contribution in [0.2, 0.25) is 0 Å². The summed E-state index contributed by atoms with van der Waals surface area (Å²) in [4.78, 5) is 10.9. The lowest BCUT2D eigenvalue weighted by atomic mass is 9.83. The van der Waals surface area contributed by atoms with Gasteiger partial charge in [-0.2, -0.15) is 0 Å². The van der Waals surface area contributed by atoms with Crippen molar-refractivity contribution < 1.29 is 27.1 Å². The quantitative estimate of drug-likeness (QED) is 0.745. The second-order valence-electron chi connectivity index (χ2n) is 5.55. The van der Waals surface area contributed by atoms with Crippen LogP contribution >= 0.6 is 0 Å². The number of nitrogens with one attached hydrogen (secondary N) is 1. The van der Waals surface area contributed by atoms with Crippen molar-refractivity contribution in [3.8, 4) is 0 Å². The van der Waals surface area contributed by atoms with Gasteiger partial charge in [-0.15, -0.1) is 0 Å². The fraction of sp³-hybridized carbons (Fsp3) is 0.909. The first-order valence-corrected chi connectivity index (χ1v) is 7.76. The first-order chi connectivity index (χ1) is 8.51. The fourth-order valence-electron chi connectivity index (χ4n) is 2.15. The number of carboxylic acids is 1. The third kappa shape index (κ3) is 5.40. The number of hydrogen-bond acceptors (Lipinski definition) is 3. The maximum atomic E-state index is 12.6. The number of halogens is 2. The highest BCUT2D eigenvalue weighted by molar-refractivity contribution is 7.89. The van der Waals surface area contributed by atoms with Crippen molar-refractivity contribution in [2.45, 2.75) is 45.1 Å². The Labute approximate surface area is 111 Å². The molecule has 1 saturated carbocycles. The number of sulfonamides is 1. The molecule has 0 aromatic rings. The summed E-state index contributed by atoms with van der Waals surface area (Å²) in [6.45, 7) is 3.55. The monoisotopic (exact) mass is 299 g/mol. The SMILES string of the molecule is CC(C)CC(NS(=O)(=O)CC1CC(F)(F)C1)C(=O)O. The van der Waals surface area contributed by atoms with Gasteiger partial charge in [0.1, 0.15) is 6.04 Å². The molecule has 1 rings (SSSR count). The molecule has 0 heterocycles. The average molecular weight is 299 g/mol. The molecule has 0 radical (unpaired) electrons. The van der Waals surface area contributed by atoms with E-state index in [0.29, 0.717) is 0 Å². The number of carboxylic acid groups (broad SMARTS) is 1. The van der Waals surface area contributed by atoms with Gasteiger partial charge in [0.25, 0.3) is 0 Å². The smallest absolute Gasteiger partial charge is 0.321 e. The van der Waals surface area contributed by atoms with Gasteiger partial charge in [-0.3, -0.25) is 4.79 Å². The first kappa shape index (κ1) is 16.3. The molecule has 1 fully saturated rings. The molecule has 0 saturated heterocycles. The van der Waals surface area contributed by atoms with Gasteiger partial charge in [-0.25, -0.2) is 21.9 Å². The van der Waals surface area contributed by atoms with E-state index in [-0.39, 0.29) is 12.3 Å². The molecule has 19 heavy (non-hydrogen) atoms. The third-order valence-electron chi connectivity index (χ3n) is 2.96. The molecule has 0 aliphatic heterocycles. The number of aliphatic carboxylic acids is 1. The van der Waals surface area contributed by atoms with Gasteiger partial charge in [-0.1, -0.05) is 13.8 Å². The number of rotatable bonds is 7. The highest BCUT2D eigenvalue weighted by Crippen LogP contribution is 2.42. The number of hydrogen-bond donors (Lipinski definition) is 2. The van der Waals surface area contributed by atoms with Gasteiger partial charge >= 0.3 is 5.97 Å². The van der Waals surface area contributed by atoms with Gasteiger partial charge < -0.3 is 5.11 Å². The molecular formula is C11H19F2NO4S. The molecule has 0 spiro atoms. The lowest BCUT2D eigenvalue weighted by Gasteiger charge is -2.34. The normalized spacial score (nSPS) is 21.1. The maximum absolute atomic E-state index is 12.6. The zero-order valence-corrected chi connectivity index (χ0v) is 11.7. The van der Waals surface area contributed by atoms with Crippen molar-refractivity contribution in [2.24, 2.45) is 11.8 Å². The molecular weight excluding hydrogens is 280 g/mol. The molecule has 1 unspecified atom stereocenters. The molecule has 112 valence electrons. The van der Waals surface area contributed by atoms with Crippen LogP contribution in [0.1, 0.15) is 33.1 Å². The van der Waals surface area contributed by atoms with E-state index in [4.69, 9.17) is 5.11 Å². The Kier molecular flexibility index (Phi) is 4.89. The molecule has 1 aliphatic carbocycles. The van der Waals surface area contributed by atoms with Crippen molar-refractivity contribution in [1.29, 1.82) is 0 Å². The lowest BCUT2D eigenvalue weighted by Crippen LogP contribution is -2.46. The van der Waals surface area contributed by atoms with Crippen LogP contribution in [0, 0.1) is 11.8 Å². The number of carbonyl (C=O) groups is 1. The van der Waals surface area contributed by atoms with Crippen LogP contribution in [0.5, 0.6) is 0 Å². The Hall–Kier alpha value is -0.760. The van der Waals surface area contributed by atoms with E-state index in [1.165, 1.54) is 0 Å². The Morgan fingerprint density at radius 1 is 1.42 bits per heavy atom. The summed E-state index contributed by atoms with van der Waals surface area (Å²) in [5, 5.41) is 8.93. The summed E-state index contributed by atoms with van der Waals surface area (Å²) < 4.78 is 50.8. The summed E-state index contributed by atoms with van der Waals surface area (Å²) in [5.74, 6) is -5.05. The predicted octanol–water partition coefficient (Wildman–Crippen LogP) is 1.45. The zero-order valence-electron chi connectivity index (χ0n) is 10.9. The zero-order chi connectivity index (χ0) is 14.8. The van der Waals surface area contributed by atoms with Crippen molar-refractivity contribution in [3.05, 3.63) is 0 Å². The van der Waals surface area contributed by atoms with E-state index >= 15 is 0 Å². The second-order valence-corrected chi connectivity index (χ2v) is 7.35. The Morgan fingerprint density at radius 2 is 1.95 bits per heavy atom. The maximum Gasteiger partial charge on any atom is 0.321 e. The molecule has 0 bridgehead atoms. The fourth-order valence-corrected chi connectivity index (χ4v) is 3.73. The molecule has 1 atom stereocenters. The van der Waals surface area contributed by atoms with Crippen LogP contribution in [0.15, 0.2) is 0 Å². The average Bonchev–Trinajstić information content (AvgIpc) is 2.11. The summed E-state index contributed by atoms with van der Waals surface area (Å²) in [6, 6.07) is -1.20. The topological polar surface area (TPSA) is 83.5 Å². The van der Waals surface area contributed by atoms with E-state index < -0.39 is 52.5 Å². The summed E-state index contributed by atoms with van der Waals surface area (Å²) in [7, 11) is -3.85. The minimum atomic E-state index is -3.85. The van der Waals surface area contributed by atoms with Crippen LogP contribution in [0.25, 0.3) is 0 Å². The Bertz CT molecular complexity index is 428. The minimum Gasteiger partial charge on any atom is -0.480 e. The molecule has 0 aromatic heterocycles. The van der Waals surface area contributed by atoms with Gasteiger partial charge in [0.05, 0.1) is 5.75 Å². The van der Waals surface area contributed by atoms with E-state index in [1.807, 2.05) is 0 Å². The van der Waals surface area contributed by atoms with Gasteiger partial charge in [-0.05, 0) is 18.3 Å². The van der Waals surface area contributed by atoms with E-state index in [2.05, 4.69) is 4.72 Å². The van der Waals surface area contributed by atoms with Crippen LogP contribution in [0.4, 0.5) is 8.78 Å². The van der Waals surface area contributed by atoms with Gasteiger partial charge in [0.15, 0.2) is 0 Å². The van der Waals surface area contributed by atoms with Crippen LogP contribution < -0.4 is 4.72 Å². The minimum absolute atomic E-state index is 0.0110. The Balaban J connectivity index is 2.55. The largest absolute Gasteiger partial charge is 0.480 e. The molecule has 2 N–H and O–H groups in total. The van der Waals surface area contributed by atoms with E-state index in [9.17, 15) is 22.0 Å². The van der Waals surface area contributed by atoms with Gasteiger partial charge in [0.2, 0.25) is 15.9 Å². The molecule has 0 aromatic carbocycles. The molecule has 5 nitrogen and oxygen atoms in total. The summed E-state index contributed by atoms with van der Waals surface area (Å²) >= 11 is 0. The first-order valence-electron chi connectivity index (χ1n) is 6.11. The molecule has 1 aliphatic rings.